The maximum absolute atomic E-state index is 12.9. The first-order valence-electron chi connectivity index (χ1n) is 8.56. The molecule has 24 heavy (non-hydrogen) atoms. The lowest BCUT2D eigenvalue weighted by Gasteiger charge is -2.44. The highest BCUT2D eigenvalue weighted by Crippen LogP contribution is 2.33. The summed E-state index contributed by atoms with van der Waals surface area (Å²) in [5.74, 6) is -0.0885. The molecule has 0 spiro atoms. The third-order valence-electron chi connectivity index (χ3n) is 5.11. The van der Waals surface area contributed by atoms with Crippen LogP contribution in [0.25, 0.3) is 0 Å². The van der Waals surface area contributed by atoms with Gasteiger partial charge in [0.15, 0.2) is 5.60 Å². The number of fused-ring (bicyclic) bond motifs is 3. The van der Waals surface area contributed by atoms with Crippen LogP contribution in [0.4, 0.5) is 0 Å². The maximum atomic E-state index is 12.9. The number of nitrogens with zero attached hydrogens (tertiary/aromatic N) is 1. The molecule has 0 radical (unpaired) electrons. The molecule has 3 aliphatic rings. The normalized spacial score (nSPS) is 28.7. The number of ether oxygens (including phenoxy) is 1. The van der Waals surface area contributed by atoms with Crippen molar-refractivity contribution >= 4 is 28.6 Å². The number of allylic oxidation sites excluding steroid dienone is 1. The highest BCUT2D eigenvalue weighted by atomic mass is 127. The van der Waals surface area contributed by atoms with Crippen LogP contribution in [0.5, 0.6) is 0 Å². The van der Waals surface area contributed by atoms with Crippen LogP contribution in [0.2, 0.25) is 0 Å². The average Bonchev–Trinajstić information content (AvgIpc) is 2.63. The molecule has 3 saturated heterocycles. The molecule has 4 nitrogen and oxygen atoms in total. The Morgan fingerprint density at radius 3 is 2.58 bits per heavy atom. The molecule has 1 aromatic carbocycles. The molecule has 130 valence electrons. The van der Waals surface area contributed by atoms with Gasteiger partial charge in [0.1, 0.15) is 6.10 Å². The Labute approximate surface area is 157 Å². The maximum Gasteiger partial charge on any atom is 0.343 e. The molecular weight excluding hydrogens is 417 g/mol. The van der Waals surface area contributed by atoms with Gasteiger partial charge in [0.25, 0.3) is 0 Å². The first kappa shape index (κ1) is 17.9. The Bertz CT molecular complexity index is 584. The van der Waals surface area contributed by atoms with Crippen LogP contribution < -0.4 is 0 Å². The van der Waals surface area contributed by atoms with Crippen LogP contribution in [0.1, 0.15) is 24.8 Å². The molecule has 2 bridgehead atoms. The summed E-state index contributed by atoms with van der Waals surface area (Å²) >= 11 is 2.24. The van der Waals surface area contributed by atoms with Gasteiger partial charge in [-0.15, -0.1) is 0 Å². The van der Waals surface area contributed by atoms with E-state index in [1.807, 2.05) is 30.4 Å². The number of aliphatic hydroxyl groups is 1. The van der Waals surface area contributed by atoms with Crippen LogP contribution >= 0.6 is 22.6 Å². The monoisotopic (exact) mass is 441 g/mol. The van der Waals surface area contributed by atoms with Gasteiger partial charge >= 0.3 is 5.97 Å². The molecule has 3 aliphatic heterocycles. The number of carbonyl (C=O) groups is 1. The predicted octanol–water partition coefficient (Wildman–Crippen LogP) is 2.89. The Morgan fingerprint density at radius 1 is 1.29 bits per heavy atom. The van der Waals surface area contributed by atoms with Gasteiger partial charge in [-0.05, 0) is 37.4 Å². The van der Waals surface area contributed by atoms with Crippen molar-refractivity contribution in [3.05, 3.63) is 48.0 Å². The second kappa shape index (κ2) is 7.97. The molecule has 0 amide bonds. The summed E-state index contributed by atoms with van der Waals surface area (Å²) in [5.41, 5.74) is -1.02. The lowest BCUT2D eigenvalue weighted by Crippen LogP contribution is -2.53. The molecule has 1 aromatic rings. The molecule has 0 aliphatic carbocycles. The number of carbonyl (C=O) groups excluding carboxylic acids is 1. The van der Waals surface area contributed by atoms with Gasteiger partial charge < -0.3 is 9.84 Å². The average molecular weight is 441 g/mol. The molecule has 2 atom stereocenters. The molecule has 0 aromatic heterocycles. The predicted molar refractivity (Wildman–Crippen MR) is 102 cm³/mol. The molecule has 3 fully saturated rings. The number of hydrogen-bond donors (Lipinski definition) is 1. The number of piperidine rings is 3. The smallest absolute Gasteiger partial charge is 0.343 e. The number of esters is 1. The second-order valence-electron chi connectivity index (χ2n) is 6.64. The molecule has 1 N–H and O–H groups in total. The number of rotatable bonds is 6. The van der Waals surface area contributed by atoms with E-state index in [1.54, 1.807) is 12.1 Å². The van der Waals surface area contributed by atoms with Gasteiger partial charge in [0.2, 0.25) is 0 Å². The molecular formula is C19H24INO3. The first-order chi connectivity index (χ1) is 11.6. The van der Waals surface area contributed by atoms with E-state index in [0.717, 1.165) is 36.9 Å². The van der Waals surface area contributed by atoms with Gasteiger partial charge in [0, 0.05) is 17.4 Å². The number of alkyl halides is 1. The van der Waals surface area contributed by atoms with Crippen LogP contribution in [0.15, 0.2) is 42.5 Å². The minimum absolute atomic E-state index is 0.0937. The highest BCUT2D eigenvalue weighted by molar-refractivity contribution is 14.1. The largest absolute Gasteiger partial charge is 0.458 e. The Morgan fingerprint density at radius 2 is 2.00 bits per heavy atom. The van der Waals surface area contributed by atoms with E-state index in [-0.39, 0.29) is 12.5 Å². The number of benzene rings is 1. The third kappa shape index (κ3) is 3.83. The van der Waals surface area contributed by atoms with Gasteiger partial charge in [-0.25, -0.2) is 4.79 Å². The lowest BCUT2D eigenvalue weighted by molar-refractivity contribution is -0.181. The molecule has 4 rings (SSSR count). The van der Waals surface area contributed by atoms with E-state index in [2.05, 4.69) is 27.5 Å². The van der Waals surface area contributed by atoms with Crippen molar-refractivity contribution in [2.75, 3.05) is 24.1 Å². The van der Waals surface area contributed by atoms with Gasteiger partial charge in [-0.3, -0.25) is 4.90 Å². The quantitative estimate of drug-likeness (QED) is 0.319. The molecule has 5 heteroatoms. The van der Waals surface area contributed by atoms with E-state index < -0.39 is 11.6 Å². The summed E-state index contributed by atoms with van der Waals surface area (Å²) in [4.78, 5) is 15.2. The van der Waals surface area contributed by atoms with Crippen molar-refractivity contribution in [1.29, 1.82) is 0 Å². The van der Waals surface area contributed by atoms with Gasteiger partial charge in [0.05, 0.1) is 0 Å². The third-order valence-corrected chi connectivity index (χ3v) is 5.62. The van der Waals surface area contributed by atoms with Crippen molar-refractivity contribution in [3.8, 4) is 0 Å². The summed E-state index contributed by atoms with van der Waals surface area (Å²) in [6.45, 7) is 2.99. The summed E-state index contributed by atoms with van der Waals surface area (Å²) in [5, 5.41) is 11.1. The van der Waals surface area contributed by atoms with Crippen LogP contribution in [-0.4, -0.2) is 46.1 Å². The Balaban J connectivity index is 1.77. The van der Waals surface area contributed by atoms with Crippen LogP contribution in [0.3, 0.4) is 0 Å². The molecule has 2 unspecified atom stereocenters. The zero-order valence-corrected chi connectivity index (χ0v) is 15.9. The van der Waals surface area contributed by atoms with Gasteiger partial charge in [-0.2, -0.15) is 0 Å². The van der Waals surface area contributed by atoms with Crippen LogP contribution in [-0.2, 0) is 15.1 Å². The van der Waals surface area contributed by atoms with Crippen molar-refractivity contribution in [3.63, 3.8) is 0 Å². The summed E-state index contributed by atoms with van der Waals surface area (Å²) in [6.07, 6.45) is 6.11. The van der Waals surface area contributed by atoms with Crippen molar-refractivity contribution in [2.45, 2.75) is 31.0 Å². The summed E-state index contributed by atoms with van der Waals surface area (Å²) < 4.78 is 6.65. The number of halogens is 1. The lowest BCUT2D eigenvalue weighted by atomic mass is 9.85. The van der Waals surface area contributed by atoms with E-state index in [1.165, 1.54) is 0 Å². The summed E-state index contributed by atoms with van der Waals surface area (Å²) in [6, 6.07) is 9.13. The molecule has 3 heterocycles. The minimum atomic E-state index is -1.62. The fourth-order valence-electron chi connectivity index (χ4n) is 3.63. The standard InChI is InChI=1S/C19H24INO3/c20-11-5-4-10-19(23,16-6-2-1-3-7-16)18(22)24-17-14-21-12-8-15(17)9-13-21/h1-7,15,17,23H,8-14H2/b5-4+. The number of hydrogen-bond acceptors (Lipinski definition) is 4. The van der Waals surface area contributed by atoms with E-state index in [0.29, 0.717) is 11.5 Å². The first-order valence-corrected chi connectivity index (χ1v) is 10.1. The van der Waals surface area contributed by atoms with E-state index in [9.17, 15) is 9.90 Å². The SMILES string of the molecule is O=C(OC1CN2CCC1CC2)C(O)(C/C=C/CI)c1ccccc1. The fourth-order valence-corrected chi connectivity index (χ4v) is 3.99. The zero-order chi connectivity index (χ0) is 17.0. The minimum Gasteiger partial charge on any atom is -0.458 e. The van der Waals surface area contributed by atoms with Crippen LogP contribution in [0, 0.1) is 5.92 Å². The highest BCUT2D eigenvalue weighted by Gasteiger charge is 2.43. The Hall–Kier alpha value is -0.920. The van der Waals surface area contributed by atoms with E-state index >= 15 is 0 Å². The topological polar surface area (TPSA) is 49.8 Å². The van der Waals surface area contributed by atoms with Crippen molar-refractivity contribution in [1.82, 2.24) is 4.90 Å². The zero-order valence-electron chi connectivity index (χ0n) is 13.7. The summed E-state index contributed by atoms with van der Waals surface area (Å²) in [7, 11) is 0. The van der Waals surface area contributed by atoms with Crippen molar-refractivity contribution in [2.24, 2.45) is 5.92 Å². The molecule has 0 saturated carbocycles. The van der Waals surface area contributed by atoms with E-state index in [4.69, 9.17) is 4.74 Å². The second-order valence-corrected chi connectivity index (χ2v) is 7.52. The fraction of sp³-hybridized carbons (Fsp3) is 0.526. The Kier molecular flexibility index (Phi) is 5.94. The van der Waals surface area contributed by atoms with Gasteiger partial charge in [-0.1, -0.05) is 65.1 Å². The van der Waals surface area contributed by atoms with Crippen molar-refractivity contribution < 1.29 is 14.6 Å².